The molecule has 0 radical (unpaired) electrons. The zero-order chi connectivity index (χ0) is 34.2. The molecule has 6 aromatic carbocycles. The summed E-state index contributed by atoms with van der Waals surface area (Å²) in [7, 11) is 0. The van der Waals surface area contributed by atoms with E-state index in [1.165, 1.54) is 60.4 Å². The molecule has 0 saturated heterocycles. The van der Waals surface area contributed by atoms with Crippen LogP contribution in [0, 0.1) is 18.3 Å². The Kier molecular flexibility index (Phi) is 8.34. The fraction of sp³-hybridized carbons (Fsp3) is 0.196. The van der Waals surface area contributed by atoms with Crippen LogP contribution < -0.4 is 0 Å². The molecule has 1 N–H and O–H groups in total. The number of phenolic OH excluding ortho intramolecular Hbond substituents is 1. The van der Waals surface area contributed by atoms with Crippen LogP contribution >= 0.6 is 0 Å². The minimum Gasteiger partial charge on any atom is -0.507 e. The van der Waals surface area contributed by atoms with Gasteiger partial charge in [-0.15, -0.1) is 0 Å². The van der Waals surface area contributed by atoms with Crippen molar-refractivity contribution >= 4 is 43.6 Å². The summed E-state index contributed by atoms with van der Waals surface area (Å²) in [4.78, 5) is 0. The lowest BCUT2D eigenvalue weighted by Crippen LogP contribution is -1.98. The predicted molar refractivity (Wildman–Crippen MR) is 209 cm³/mol. The van der Waals surface area contributed by atoms with E-state index in [9.17, 15) is 10.4 Å². The summed E-state index contributed by atoms with van der Waals surface area (Å²) in [6.45, 7) is 4.37. The van der Waals surface area contributed by atoms with Gasteiger partial charge in [0.2, 0.25) is 0 Å². The van der Waals surface area contributed by atoms with Gasteiger partial charge in [-0.3, -0.25) is 0 Å². The Bertz CT molecular complexity index is 2580. The van der Waals surface area contributed by atoms with E-state index < -0.39 is 0 Å². The maximum atomic E-state index is 11.4. The third-order valence-corrected chi connectivity index (χ3v) is 10.4. The molecule has 0 aliphatic rings. The fourth-order valence-electron chi connectivity index (χ4n) is 7.80. The largest absolute Gasteiger partial charge is 0.507 e. The molecule has 0 amide bonds. The van der Waals surface area contributed by atoms with Crippen LogP contribution in [-0.2, 0) is 6.42 Å². The van der Waals surface area contributed by atoms with Crippen LogP contribution in [0.2, 0.25) is 0 Å². The molecule has 2 aromatic heterocycles. The van der Waals surface area contributed by atoms with Gasteiger partial charge < -0.3 is 14.2 Å². The van der Waals surface area contributed by atoms with Crippen molar-refractivity contribution in [3.8, 4) is 34.3 Å². The Morgan fingerprint density at radius 1 is 0.560 bits per heavy atom. The van der Waals surface area contributed by atoms with Gasteiger partial charge in [0.1, 0.15) is 5.75 Å². The zero-order valence-electron chi connectivity index (χ0n) is 28.8. The molecule has 8 rings (SSSR count). The first-order chi connectivity index (χ1) is 24.6. The van der Waals surface area contributed by atoms with Crippen LogP contribution in [0.15, 0.2) is 121 Å². The molecule has 2 heterocycles. The summed E-state index contributed by atoms with van der Waals surface area (Å²) in [6, 6.07) is 44.6. The molecule has 4 heteroatoms. The number of hydrogen-bond acceptors (Lipinski definition) is 2. The van der Waals surface area contributed by atoms with Crippen LogP contribution in [0.1, 0.15) is 62.1 Å². The standard InChI is InChI=1S/C46H41N3O/c1-3-4-5-6-7-8-13-32-19-23-44-39(26-32)36-14-9-11-16-42(36)49(44)35-22-25-46(50)41(29-35)38-28-34(21-18-31(38)2)48-43-17-12-10-15-37(43)40-27-33(30-47)20-24-45(40)48/h9-12,14-29,50H,3-8,13H2,1-2H3. The van der Waals surface area contributed by atoms with Gasteiger partial charge in [0.15, 0.2) is 0 Å². The van der Waals surface area contributed by atoms with Crippen LogP contribution in [0.25, 0.3) is 66.1 Å². The average Bonchev–Trinajstić information content (AvgIpc) is 3.66. The van der Waals surface area contributed by atoms with E-state index in [0.29, 0.717) is 5.56 Å². The highest BCUT2D eigenvalue weighted by Gasteiger charge is 2.18. The number of unbranched alkanes of at least 4 members (excludes halogenated alkanes) is 5. The smallest absolute Gasteiger partial charge is 0.123 e. The highest BCUT2D eigenvalue weighted by molar-refractivity contribution is 6.10. The maximum Gasteiger partial charge on any atom is 0.123 e. The van der Waals surface area contributed by atoms with E-state index in [4.69, 9.17) is 0 Å². The third kappa shape index (κ3) is 5.50. The lowest BCUT2D eigenvalue weighted by atomic mass is 9.98. The Hall–Kier alpha value is -5.79. The summed E-state index contributed by atoms with van der Waals surface area (Å²) in [5.41, 5.74) is 11.3. The number of aromatic nitrogens is 2. The quantitative estimate of drug-likeness (QED) is 0.150. The highest BCUT2D eigenvalue weighted by atomic mass is 16.3. The summed E-state index contributed by atoms with van der Waals surface area (Å²) < 4.78 is 4.59. The second kappa shape index (κ2) is 13.3. The molecule has 0 saturated carbocycles. The summed E-state index contributed by atoms with van der Waals surface area (Å²) in [6.07, 6.45) is 8.89. The van der Waals surface area contributed by atoms with Crippen molar-refractivity contribution in [2.24, 2.45) is 0 Å². The Balaban J connectivity index is 1.22. The van der Waals surface area contributed by atoms with Crippen molar-refractivity contribution in [3.63, 3.8) is 0 Å². The van der Waals surface area contributed by atoms with Crippen molar-refractivity contribution in [1.82, 2.24) is 9.13 Å². The number of fused-ring (bicyclic) bond motifs is 6. The Morgan fingerprint density at radius 2 is 1.14 bits per heavy atom. The molecule has 0 aliphatic carbocycles. The van der Waals surface area contributed by atoms with Crippen molar-refractivity contribution in [2.45, 2.75) is 58.8 Å². The lowest BCUT2D eigenvalue weighted by molar-refractivity contribution is 0.477. The molecule has 0 spiro atoms. The van der Waals surface area contributed by atoms with Gasteiger partial charge in [0.25, 0.3) is 0 Å². The van der Waals surface area contributed by atoms with Gasteiger partial charge in [-0.25, -0.2) is 0 Å². The van der Waals surface area contributed by atoms with E-state index in [2.05, 4.69) is 114 Å². The summed E-state index contributed by atoms with van der Waals surface area (Å²) >= 11 is 0. The molecule has 0 unspecified atom stereocenters. The number of nitriles is 1. The van der Waals surface area contributed by atoms with E-state index in [1.54, 1.807) is 0 Å². The fourth-order valence-corrected chi connectivity index (χ4v) is 7.80. The monoisotopic (exact) mass is 651 g/mol. The third-order valence-electron chi connectivity index (χ3n) is 10.4. The number of phenols is 1. The molecule has 0 fully saturated rings. The van der Waals surface area contributed by atoms with Gasteiger partial charge in [-0.2, -0.15) is 5.26 Å². The van der Waals surface area contributed by atoms with Crippen LogP contribution in [0.4, 0.5) is 0 Å². The second-order valence-corrected chi connectivity index (χ2v) is 13.6. The minimum atomic E-state index is 0.247. The molecule has 50 heavy (non-hydrogen) atoms. The van der Waals surface area contributed by atoms with E-state index in [-0.39, 0.29) is 5.75 Å². The predicted octanol–water partition coefficient (Wildman–Crippen LogP) is 12.3. The summed E-state index contributed by atoms with van der Waals surface area (Å²) in [5, 5.41) is 25.7. The lowest BCUT2D eigenvalue weighted by Gasteiger charge is -2.16. The molecular weight excluding hydrogens is 611 g/mol. The van der Waals surface area contributed by atoms with Crippen molar-refractivity contribution in [2.75, 3.05) is 0 Å². The van der Waals surface area contributed by atoms with Gasteiger partial charge >= 0.3 is 0 Å². The molecular formula is C46H41N3O. The zero-order valence-corrected chi connectivity index (χ0v) is 28.8. The second-order valence-electron chi connectivity index (χ2n) is 13.6. The molecule has 8 aromatic rings. The van der Waals surface area contributed by atoms with Gasteiger partial charge in [0, 0.05) is 38.5 Å². The average molecular weight is 652 g/mol. The number of aromatic hydroxyl groups is 1. The molecule has 246 valence electrons. The minimum absolute atomic E-state index is 0.247. The Labute approximate surface area is 293 Å². The van der Waals surface area contributed by atoms with Gasteiger partial charge in [0.05, 0.1) is 33.7 Å². The topological polar surface area (TPSA) is 53.9 Å². The number of benzene rings is 6. The van der Waals surface area contributed by atoms with Crippen LogP contribution in [-0.4, -0.2) is 14.2 Å². The molecule has 0 bridgehead atoms. The van der Waals surface area contributed by atoms with Crippen LogP contribution in [0.3, 0.4) is 0 Å². The van der Waals surface area contributed by atoms with E-state index in [1.807, 2.05) is 36.4 Å². The number of nitrogens with zero attached hydrogens (tertiary/aromatic N) is 3. The first kappa shape index (κ1) is 31.5. The number of rotatable bonds is 10. The van der Waals surface area contributed by atoms with Gasteiger partial charge in [-0.05, 0) is 109 Å². The Morgan fingerprint density at radius 3 is 1.84 bits per heavy atom. The SMILES string of the molecule is CCCCCCCCc1ccc2c(c1)c1ccccc1n2-c1ccc(O)c(-c2cc(-n3c4ccccc4c4cc(C#N)ccc43)ccc2C)c1. The normalized spacial score (nSPS) is 11.6. The number of para-hydroxylation sites is 2. The first-order valence-electron chi connectivity index (χ1n) is 18.0. The number of hydrogen-bond donors (Lipinski definition) is 1. The molecule has 4 nitrogen and oxygen atoms in total. The van der Waals surface area contributed by atoms with Gasteiger partial charge in [-0.1, -0.05) is 87.6 Å². The maximum absolute atomic E-state index is 11.4. The van der Waals surface area contributed by atoms with Crippen LogP contribution in [0.5, 0.6) is 5.75 Å². The summed E-state index contributed by atoms with van der Waals surface area (Å²) in [5.74, 6) is 0.247. The van der Waals surface area contributed by atoms with E-state index >= 15 is 0 Å². The van der Waals surface area contributed by atoms with Crippen molar-refractivity contribution in [3.05, 3.63) is 138 Å². The first-order valence-corrected chi connectivity index (χ1v) is 18.0. The van der Waals surface area contributed by atoms with E-state index in [0.717, 1.165) is 61.8 Å². The molecule has 0 aliphatic heterocycles. The highest BCUT2D eigenvalue weighted by Crippen LogP contribution is 2.40. The van der Waals surface area contributed by atoms with Crippen molar-refractivity contribution in [1.29, 1.82) is 5.26 Å². The number of aryl methyl sites for hydroxylation is 2. The molecule has 0 atom stereocenters. The van der Waals surface area contributed by atoms with Crippen molar-refractivity contribution < 1.29 is 5.11 Å².